The topological polar surface area (TPSA) is 67.2 Å². The third kappa shape index (κ3) is 2.77. The third-order valence-electron chi connectivity index (χ3n) is 1.40. The lowest BCUT2D eigenvalue weighted by Crippen LogP contribution is -2.34. The molecule has 72 valence electrons. The normalized spacial score (nSPS) is 10.2. The van der Waals surface area contributed by atoms with Crippen LogP contribution in [0.4, 0.5) is 10.7 Å². The number of anilines is 1. The van der Waals surface area contributed by atoms with Crippen molar-refractivity contribution in [3.8, 4) is 0 Å². The molecule has 5 nitrogen and oxygen atoms in total. The van der Waals surface area contributed by atoms with Crippen molar-refractivity contribution in [2.75, 3.05) is 5.32 Å². The first-order valence-electron chi connectivity index (χ1n) is 4.08. The van der Waals surface area contributed by atoms with Crippen LogP contribution in [0.25, 0.3) is 0 Å². The van der Waals surface area contributed by atoms with Crippen LogP contribution >= 0.6 is 0 Å². The summed E-state index contributed by atoms with van der Waals surface area (Å²) >= 11 is 0. The summed E-state index contributed by atoms with van der Waals surface area (Å²) in [4.78, 5) is 11.2. The minimum atomic E-state index is -0.283. The molecule has 2 amide bonds. The van der Waals surface area contributed by atoms with Crippen LogP contribution in [0.5, 0.6) is 0 Å². The zero-order chi connectivity index (χ0) is 9.84. The zero-order valence-electron chi connectivity index (χ0n) is 7.92. The number of aromatic nitrogens is 1. The molecular weight excluding hydrogens is 170 g/mol. The number of urea groups is 1. The molecule has 0 radical (unpaired) electrons. The summed E-state index contributed by atoms with van der Waals surface area (Å²) in [7, 11) is 0. The van der Waals surface area contributed by atoms with E-state index in [0.717, 1.165) is 5.56 Å². The molecule has 0 bridgehead atoms. The summed E-state index contributed by atoms with van der Waals surface area (Å²) < 4.78 is 4.79. The Labute approximate surface area is 76.5 Å². The molecule has 0 aliphatic carbocycles. The average Bonchev–Trinajstić information content (AvgIpc) is 2.34. The third-order valence-corrected chi connectivity index (χ3v) is 1.40. The van der Waals surface area contributed by atoms with Crippen molar-refractivity contribution in [2.24, 2.45) is 0 Å². The van der Waals surface area contributed by atoms with E-state index in [9.17, 15) is 4.79 Å². The van der Waals surface area contributed by atoms with Gasteiger partial charge in [-0.25, -0.2) is 4.79 Å². The smallest absolute Gasteiger partial charge is 0.321 e. The van der Waals surface area contributed by atoms with Crippen LogP contribution in [0.2, 0.25) is 0 Å². The highest BCUT2D eigenvalue weighted by Crippen LogP contribution is 2.11. The molecule has 0 aliphatic rings. The standard InChI is InChI=1S/C8H13N3O2/c1-5(2)10-8(12)11-7-6(3)4-9-13-7/h4-5H,1-3H3,(H2,10,11,12). The fraction of sp³-hybridized carbons (Fsp3) is 0.500. The Morgan fingerprint density at radius 1 is 1.62 bits per heavy atom. The first kappa shape index (κ1) is 9.57. The SMILES string of the molecule is Cc1cnoc1NC(=O)NC(C)C. The van der Waals surface area contributed by atoms with Crippen LogP contribution < -0.4 is 10.6 Å². The van der Waals surface area contributed by atoms with Gasteiger partial charge in [-0.3, -0.25) is 5.32 Å². The second kappa shape index (κ2) is 3.93. The highest BCUT2D eigenvalue weighted by Gasteiger charge is 2.08. The predicted octanol–water partition coefficient (Wildman–Crippen LogP) is 1.51. The highest BCUT2D eigenvalue weighted by atomic mass is 16.5. The van der Waals surface area contributed by atoms with Crippen molar-refractivity contribution in [3.63, 3.8) is 0 Å². The predicted molar refractivity (Wildman–Crippen MR) is 48.5 cm³/mol. The maximum Gasteiger partial charge on any atom is 0.321 e. The Morgan fingerprint density at radius 2 is 2.31 bits per heavy atom. The molecule has 0 aromatic carbocycles. The number of carbonyl (C=O) groups is 1. The molecule has 0 atom stereocenters. The molecule has 1 aromatic rings. The molecular formula is C8H13N3O2. The molecule has 0 aliphatic heterocycles. The van der Waals surface area contributed by atoms with Gasteiger partial charge in [-0.05, 0) is 20.8 Å². The number of hydrogen-bond acceptors (Lipinski definition) is 3. The second-order valence-corrected chi connectivity index (χ2v) is 3.09. The molecule has 0 spiro atoms. The zero-order valence-corrected chi connectivity index (χ0v) is 7.92. The molecule has 1 rings (SSSR count). The van der Waals surface area contributed by atoms with Crippen LogP contribution in [0.1, 0.15) is 19.4 Å². The number of amides is 2. The number of carbonyl (C=O) groups excluding carboxylic acids is 1. The first-order valence-corrected chi connectivity index (χ1v) is 4.08. The van der Waals surface area contributed by atoms with Gasteiger partial charge in [0.1, 0.15) is 0 Å². The highest BCUT2D eigenvalue weighted by molar-refractivity contribution is 5.88. The lowest BCUT2D eigenvalue weighted by molar-refractivity contribution is 0.249. The van der Waals surface area contributed by atoms with Crippen LogP contribution in [-0.4, -0.2) is 17.2 Å². The van der Waals surface area contributed by atoms with Crippen molar-refractivity contribution >= 4 is 11.9 Å². The van der Waals surface area contributed by atoms with Gasteiger partial charge < -0.3 is 9.84 Å². The van der Waals surface area contributed by atoms with E-state index in [1.54, 1.807) is 6.20 Å². The van der Waals surface area contributed by atoms with Gasteiger partial charge in [0.2, 0.25) is 5.88 Å². The first-order chi connectivity index (χ1) is 6.09. The Balaban J connectivity index is 2.50. The fourth-order valence-electron chi connectivity index (χ4n) is 0.812. The molecule has 0 saturated heterocycles. The monoisotopic (exact) mass is 183 g/mol. The minimum absolute atomic E-state index is 0.100. The van der Waals surface area contributed by atoms with Crippen molar-refractivity contribution in [1.82, 2.24) is 10.5 Å². The number of nitrogens with one attached hydrogen (secondary N) is 2. The second-order valence-electron chi connectivity index (χ2n) is 3.09. The van der Waals surface area contributed by atoms with Crippen LogP contribution in [0.15, 0.2) is 10.7 Å². The quantitative estimate of drug-likeness (QED) is 0.730. The minimum Gasteiger partial charge on any atom is -0.338 e. The summed E-state index contributed by atoms with van der Waals surface area (Å²) in [5.74, 6) is 0.387. The Hall–Kier alpha value is -1.52. The van der Waals surface area contributed by atoms with Gasteiger partial charge in [0, 0.05) is 11.6 Å². The van der Waals surface area contributed by atoms with Gasteiger partial charge in [0.15, 0.2) is 0 Å². The van der Waals surface area contributed by atoms with E-state index in [1.165, 1.54) is 0 Å². The largest absolute Gasteiger partial charge is 0.338 e. The van der Waals surface area contributed by atoms with E-state index in [4.69, 9.17) is 4.52 Å². The molecule has 0 fully saturated rings. The van der Waals surface area contributed by atoms with Gasteiger partial charge in [-0.2, -0.15) is 0 Å². The van der Waals surface area contributed by atoms with Crippen molar-refractivity contribution in [3.05, 3.63) is 11.8 Å². The molecule has 5 heteroatoms. The number of nitrogens with zero attached hydrogens (tertiary/aromatic N) is 1. The summed E-state index contributed by atoms with van der Waals surface area (Å²) in [5, 5.41) is 8.75. The van der Waals surface area contributed by atoms with E-state index < -0.39 is 0 Å². The van der Waals surface area contributed by atoms with E-state index in [2.05, 4.69) is 15.8 Å². The van der Waals surface area contributed by atoms with Crippen LogP contribution in [0.3, 0.4) is 0 Å². The van der Waals surface area contributed by atoms with Crippen molar-refractivity contribution < 1.29 is 9.32 Å². The molecule has 1 heterocycles. The number of aryl methyl sites for hydroxylation is 1. The maximum atomic E-state index is 11.2. The Morgan fingerprint density at radius 3 is 2.77 bits per heavy atom. The van der Waals surface area contributed by atoms with Gasteiger partial charge in [0.25, 0.3) is 0 Å². The number of rotatable bonds is 2. The Bertz CT molecular complexity index is 293. The lowest BCUT2D eigenvalue weighted by Gasteiger charge is -2.07. The van der Waals surface area contributed by atoms with Gasteiger partial charge in [0.05, 0.1) is 6.20 Å². The average molecular weight is 183 g/mol. The summed E-state index contributed by atoms with van der Waals surface area (Å²) in [6.45, 7) is 5.57. The maximum absolute atomic E-state index is 11.2. The van der Waals surface area contributed by atoms with Gasteiger partial charge >= 0.3 is 6.03 Å². The molecule has 13 heavy (non-hydrogen) atoms. The summed E-state index contributed by atoms with van der Waals surface area (Å²) in [6.07, 6.45) is 1.55. The molecule has 0 saturated carbocycles. The van der Waals surface area contributed by atoms with E-state index in [1.807, 2.05) is 20.8 Å². The summed E-state index contributed by atoms with van der Waals surface area (Å²) in [6, 6.07) is -0.182. The van der Waals surface area contributed by atoms with Crippen molar-refractivity contribution in [1.29, 1.82) is 0 Å². The van der Waals surface area contributed by atoms with E-state index >= 15 is 0 Å². The van der Waals surface area contributed by atoms with Crippen LogP contribution in [0, 0.1) is 6.92 Å². The fourth-order valence-corrected chi connectivity index (χ4v) is 0.812. The van der Waals surface area contributed by atoms with Gasteiger partial charge in [-0.1, -0.05) is 5.16 Å². The van der Waals surface area contributed by atoms with Crippen LogP contribution in [-0.2, 0) is 0 Å². The molecule has 2 N–H and O–H groups in total. The molecule has 1 aromatic heterocycles. The van der Waals surface area contributed by atoms with Gasteiger partial charge in [-0.15, -0.1) is 0 Å². The summed E-state index contributed by atoms with van der Waals surface area (Å²) in [5.41, 5.74) is 0.805. The van der Waals surface area contributed by atoms with Crippen molar-refractivity contribution in [2.45, 2.75) is 26.8 Å². The lowest BCUT2D eigenvalue weighted by atomic mass is 10.4. The van der Waals surface area contributed by atoms with E-state index in [0.29, 0.717) is 5.88 Å². The Kier molecular flexibility index (Phi) is 2.89. The number of hydrogen-bond donors (Lipinski definition) is 2. The molecule has 0 unspecified atom stereocenters. The van der Waals surface area contributed by atoms with E-state index in [-0.39, 0.29) is 12.1 Å².